The van der Waals surface area contributed by atoms with Gasteiger partial charge in [0.25, 0.3) is 0 Å². The number of benzene rings is 1. The van der Waals surface area contributed by atoms with Crippen LogP contribution in [0, 0.1) is 5.41 Å². The van der Waals surface area contributed by atoms with Crippen LogP contribution in [-0.4, -0.2) is 26.8 Å². The fraction of sp³-hybridized carbons (Fsp3) is 0.556. The highest BCUT2D eigenvalue weighted by molar-refractivity contribution is 7.17. The maximum atomic E-state index is 5.05. The Bertz CT molecular complexity index is 547. The predicted octanol–water partition coefficient (Wildman–Crippen LogP) is 4.49. The van der Waals surface area contributed by atoms with E-state index in [2.05, 4.69) is 48.8 Å². The molecule has 0 saturated carbocycles. The van der Waals surface area contributed by atoms with Crippen LogP contribution in [0.5, 0.6) is 0 Å². The first-order valence-electron chi connectivity index (χ1n) is 7.77. The van der Waals surface area contributed by atoms with Gasteiger partial charge in [-0.3, -0.25) is 0 Å². The summed E-state index contributed by atoms with van der Waals surface area (Å²) in [6, 6.07) is 8.73. The molecule has 2 rings (SSSR count). The van der Waals surface area contributed by atoms with Crippen molar-refractivity contribution in [3.63, 3.8) is 0 Å². The third-order valence-electron chi connectivity index (χ3n) is 4.09. The average Bonchev–Trinajstić information content (AvgIpc) is 2.88. The summed E-state index contributed by atoms with van der Waals surface area (Å²) in [6.45, 7) is 7.56. The van der Waals surface area contributed by atoms with Gasteiger partial charge in [-0.05, 0) is 53.6 Å². The molecular formula is C18H27NOS. The number of hydrogen-bond donors (Lipinski definition) is 1. The van der Waals surface area contributed by atoms with Gasteiger partial charge in [-0.1, -0.05) is 32.0 Å². The van der Waals surface area contributed by atoms with Crippen LogP contribution < -0.4 is 5.32 Å². The molecular weight excluding hydrogens is 278 g/mol. The van der Waals surface area contributed by atoms with Gasteiger partial charge in [0, 0.05) is 18.4 Å². The lowest BCUT2D eigenvalue weighted by atomic mass is 9.83. The molecule has 21 heavy (non-hydrogen) atoms. The standard InChI is InChI=1S/C18H27NOS/c1-18(2,10-11-19-12-13-20-3)9-8-15-14-21-17-7-5-4-6-16(15)17/h4-7,14,19H,8-13H2,1-3H3. The van der Waals surface area contributed by atoms with Crippen LogP contribution in [0.2, 0.25) is 0 Å². The van der Waals surface area contributed by atoms with Crippen molar-refractivity contribution in [2.24, 2.45) is 5.41 Å². The third-order valence-corrected chi connectivity index (χ3v) is 5.11. The van der Waals surface area contributed by atoms with E-state index in [-0.39, 0.29) is 0 Å². The quantitative estimate of drug-likeness (QED) is 0.689. The number of ether oxygens (including phenoxy) is 1. The van der Waals surface area contributed by atoms with Crippen LogP contribution in [0.1, 0.15) is 32.3 Å². The fourth-order valence-corrected chi connectivity index (χ4v) is 3.55. The van der Waals surface area contributed by atoms with Crippen molar-refractivity contribution >= 4 is 21.4 Å². The lowest BCUT2D eigenvalue weighted by Gasteiger charge is -2.24. The Morgan fingerprint density at radius 2 is 1.95 bits per heavy atom. The Balaban J connectivity index is 1.81. The normalized spacial score (nSPS) is 12.1. The molecule has 0 atom stereocenters. The number of thiophene rings is 1. The van der Waals surface area contributed by atoms with Gasteiger partial charge >= 0.3 is 0 Å². The predicted molar refractivity (Wildman–Crippen MR) is 93.3 cm³/mol. The zero-order valence-corrected chi connectivity index (χ0v) is 14.3. The molecule has 116 valence electrons. The number of rotatable bonds is 9. The van der Waals surface area contributed by atoms with E-state index in [0.29, 0.717) is 5.41 Å². The number of nitrogens with one attached hydrogen (secondary N) is 1. The topological polar surface area (TPSA) is 21.3 Å². The molecule has 2 nitrogen and oxygen atoms in total. The monoisotopic (exact) mass is 305 g/mol. The molecule has 1 aromatic heterocycles. The summed E-state index contributed by atoms with van der Waals surface area (Å²) >= 11 is 1.87. The van der Waals surface area contributed by atoms with E-state index in [4.69, 9.17) is 4.74 Å². The van der Waals surface area contributed by atoms with Gasteiger partial charge in [-0.15, -0.1) is 11.3 Å². The van der Waals surface area contributed by atoms with Crippen molar-refractivity contribution < 1.29 is 4.74 Å². The summed E-state index contributed by atoms with van der Waals surface area (Å²) in [7, 11) is 1.75. The van der Waals surface area contributed by atoms with Crippen molar-refractivity contribution in [2.75, 3.05) is 26.8 Å². The highest BCUT2D eigenvalue weighted by Crippen LogP contribution is 2.31. The first-order valence-corrected chi connectivity index (χ1v) is 8.65. The molecule has 1 N–H and O–H groups in total. The van der Waals surface area contributed by atoms with E-state index in [1.807, 2.05) is 11.3 Å². The summed E-state index contributed by atoms with van der Waals surface area (Å²) in [5, 5.41) is 7.21. The Kier molecular flexibility index (Phi) is 6.22. The Hall–Kier alpha value is -0.900. The van der Waals surface area contributed by atoms with Gasteiger partial charge in [0.05, 0.1) is 6.61 Å². The molecule has 3 heteroatoms. The number of aryl methyl sites for hydroxylation is 1. The second-order valence-corrected chi connectivity index (χ2v) is 7.33. The van der Waals surface area contributed by atoms with E-state index >= 15 is 0 Å². The summed E-state index contributed by atoms with van der Waals surface area (Å²) in [6.07, 6.45) is 3.62. The summed E-state index contributed by atoms with van der Waals surface area (Å²) in [5.74, 6) is 0. The number of methoxy groups -OCH3 is 1. The van der Waals surface area contributed by atoms with Gasteiger partial charge in [-0.2, -0.15) is 0 Å². The van der Waals surface area contributed by atoms with Gasteiger partial charge in [-0.25, -0.2) is 0 Å². The lowest BCUT2D eigenvalue weighted by molar-refractivity contribution is 0.197. The lowest BCUT2D eigenvalue weighted by Crippen LogP contribution is -2.25. The van der Waals surface area contributed by atoms with E-state index < -0.39 is 0 Å². The number of hydrogen-bond acceptors (Lipinski definition) is 3. The molecule has 1 aromatic carbocycles. The zero-order valence-electron chi connectivity index (χ0n) is 13.4. The SMILES string of the molecule is COCCNCCC(C)(C)CCc1csc2ccccc12. The van der Waals surface area contributed by atoms with Crippen LogP contribution in [0.15, 0.2) is 29.6 Å². The summed E-state index contributed by atoms with van der Waals surface area (Å²) in [5.41, 5.74) is 1.89. The van der Waals surface area contributed by atoms with Crippen molar-refractivity contribution in [1.29, 1.82) is 0 Å². The largest absolute Gasteiger partial charge is 0.383 e. The molecule has 0 aliphatic rings. The van der Waals surface area contributed by atoms with Crippen LogP contribution in [0.4, 0.5) is 0 Å². The van der Waals surface area contributed by atoms with E-state index in [1.54, 1.807) is 7.11 Å². The Morgan fingerprint density at radius 1 is 1.14 bits per heavy atom. The maximum Gasteiger partial charge on any atom is 0.0587 e. The van der Waals surface area contributed by atoms with Gasteiger partial charge in [0.15, 0.2) is 0 Å². The third kappa shape index (κ3) is 5.10. The molecule has 0 unspecified atom stereocenters. The Morgan fingerprint density at radius 3 is 2.76 bits per heavy atom. The molecule has 2 aromatic rings. The van der Waals surface area contributed by atoms with Gasteiger partial charge < -0.3 is 10.1 Å². The van der Waals surface area contributed by atoms with Gasteiger partial charge in [0.2, 0.25) is 0 Å². The fourth-order valence-electron chi connectivity index (χ4n) is 2.55. The molecule has 1 heterocycles. The summed E-state index contributed by atoms with van der Waals surface area (Å²) in [4.78, 5) is 0. The molecule has 0 fully saturated rings. The van der Waals surface area contributed by atoms with Crippen molar-refractivity contribution in [3.05, 3.63) is 35.2 Å². The van der Waals surface area contributed by atoms with Crippen LogP contribution in [0.25, 0.3) is 10.1 Å². The zero-order chi connectivity index (χ0) is 15.1. The van der Waals surface area contributed by atoms with E-state index in [0.717, 1.165) is 19.7 Å². The highest BCUT2D eigenvalue weighted by atomic mass is 32.1. The second kappa shape index (κ2) is 7.92. The van der Waals surface area contributed by atoms with E-state index in [1.165, 1.54) is 34.9 Å². The van der Waals surface area contributed by atoms with E-state index in [9.17, 15) is 0 Å². The average molecular weight is 305 g/mol. The van der Waals surface area contributed by atoms with Crippen molar-refractivity contribution in [2.45, 2.75) is 33.1 Å². The first kappa shape index (κ1) is 16.5. The minimum Gasteiger partial charge on any atom is -0.383 e. The van der Waals surface area contributed by atoms with Crippen LogP contribution >= 0.6 is 11.3 Å². The minimum atomic E-state index is 0.378. The molecule has 0 aliphatic heterocycles. The molecule has 0 saturated heterocycles. The smallest absolute Gasteiger partial charge is 0.0587 e. The van der Waals surface area contributed by atoms with Crippen LogP contribution in [-0.2, 0) is 11.2 Å². The molecule has 0 spiro atoms. The molecule has 0 amide bonds. The first-order chi connectivity index (χ1) is 10.1. The number of fused-ring (bicyclic) bond motifs is 1. The highest BCUT2D eigenvalue weighted by Gasteiger charge is 2.18. The molecule has 0 aliphatic carbocycles. The maximum absolute atomic E-state index is 5.05. The molecule has 0 bridgehead atoms. The van der Waals surface area contributed by atoms with Crippen LogP contribution in [0.3, 0.4) is 0 Å². The van der Waals surface area contributed by atoms with Crippen molar-refractivity contribution in [1.82, 2.24) is 5.32 Å². The minimum absolute atomic E-state index is 0.378. The summed E-state index contributed by atoms with van der Waals surface area (Å²) < 4.78 is 6.46. The van der Waals surface area contributed by atoms with Gasteiger partial charge in [0.1, 0.15) is 0 Å². The Labute approximate surface area is 132 Å². The second-order valence-electron chi connectivity index (χ2n) is 6.41. The van der Waals surface area contributed by atoms with Crippen molar-refractivity contribution in [3.8, 4) is 0 Å². The molecule has 0 radical (unpaired) electrons.